The highest BCUT2D eigenvalue weighted by Gasteiger charge is 2.57. The first-order valence-electron chi connectivity index (χ1n) is 13.8. The summed E-state index contributed by atoms with van der Waals surface area (Å²) in [6.07, 6.45) is -29.7. The van der Waals surface area contributed by atoms with Gasteiger partial charge in [0.15, 0.2) is 31.1 Å². The molecule has 29 nitrogen and oxygen atoms in total. The molecule has 33 heteroatoms. The van der Waals surface area contributed by atoms with Gasteiger partial charge in [-0.1, -0.05) is 0 Å². The highest BCUT2D eigenvalue weighted by molar-refractivity contribution is 7.81. The molecule has 0 unspecified atom stereocenters. The zero-order valence-corrected chi connectivity index (χ0v) is 29.0. The second-order valence-electron chi connectivity index (χ2n) is 10.8. The fraction of sp³-hybridized carbons (Fsp3) is 0.947. The lowest BCUT2D eigenvalue weighted by molar-refractivity contribution is -0.356. The third-order valence-corrected chi connectivity index (χ3v) is 9.02. The van der Waals surface area contributed by atoms with Crippen LogP contribution >= 0.6 is 0 Å². The van der Waals surface area contributed by atoms with Crippen LogP contribution in [0.5, 0.6) is 0 Å². The highest BCUT2D eigenvalue weighted by Crippen LogP contribution is 2.34. The van der Waals surface area contributed by atoms with Crippen molar-refractivity contribution in [2.75, 3.05) is 20.3 Å². The van der Waals surface area contributed by atoms with E-state index in [9.17, 15) is 68.0 Å². The predicted octanol–water partition coefficient (Wildman–Crippen LogP) is -8.15. The maximum absolute atomic E-state index is 12.9. The van der Waals surface area contributed by atoms with Crippen LogP contribution < -0.4 is 11.5 Å². The van der Waals surface area contributed by atoms with Gasteiger partial charge in [0.1, 0.15) is 48.8 Å². The fourth-order valence-corrected chi connectivity index (χ4v) is 6.59. The zero-order chi connectivity index (χ0) is 39.7. The molecule has 0 amide bonds. The van der Waals surface area contributed by atoms with Gasteiger partial charge < -0.3 is 60.3 Å². The Kier molecular flexibility index (Phi) is 14.8. The molecule has 3 heterocycles. The maximum atomic E-state index is 12.9. The van der Waals surface area contributed by atoms with Crippen molar-refractivity contribution in [3.05, 3.63) is 0 Å². The second-order valence-corrected chi connectivity index (χ2v) is 15.1. The van der Waals surface area contributed by atoms with Crippen LogP contribution in [0.2, 0.25) is 0 Å². The van der Waals surface area contributed by atoms with Gasteiger partial charge in [0, 0.05) is 0 Å². The molecule has 0 aromatic carbocycles. The van der Waals surface area contributed by atoms with Gasteiger partial charge >= 0.3 is 47.6 Å². The van der Waals surface area contributed by atoms with E-state index in [1.807, 2.05) is 0 Å². The maximum Gasteiger partial charge on any atom is 0.397 e. The first-order valence-corrected chi connectivity index (χ1v) is 19.2. The number of rotatable bonds is 15. The van der Waals surface area contributed by atoms with E-state index in [1.165, 1.54) is 0 Å². The Balaban J connectivity index is 2.03. The quantitative estimate of drug-likeness (QED) is 0.0540. The van der Waals surface area contributed by atoms with Crippen LogP contribution in [-0.2, 0) is 91.5 Å². The zero-order valence-electron chi connectivity index (χ0n) is 25.7. The van der Waals surface area contributed by atoms with E-state index in [4.69, 9.17) is 44.3 Å². The monoisotopic (exact) mass is 850 g/mol. The Bertz CT molecular complexity index is 1680. The van der Waals surface area contributed by atoms with E-state index in [-0.39, 0.29) is 0 Å². The number of aliphatic hydroxyl groups is 4. The molecule has 3 fully saturated rings. The van der Waals surface area contributed by atoms with Gasteiger partial charge in [0.05, 0.1) is 32.4 Å². The van der Waals surface area contributed by atoms with Crippen molar-refractivity contribution in [2.24, 2.45) is 11.5 Å². The van der Waals surface area contributed by atoms with E-state index in [0.717, 1.165) is 7.11 Å². The predicted molar refractivity (Wildman–Crippen MR) is 152 cm³/mol. The molecule has 12 N–H and O–H groups in total. The van der Waals surface area contributed by atoms with Crippen LogP contribution in [0.25, 0.3) is 0 Å². The molecule has 0 spiro atoms. The number of hydrogen-bond donors (Lipinski definition) is 10. The summed E-state index contributed by atoms with van der Waals surface area (Å²) in [5.41, 5.74) is 11.5. The number of nitrogens with two attached hydrogens (primary N) is 2. The van der Waals surface area contributed by atoms with Gasteiger partial charge in [0.25, 0.3) is 0 Å². The molecule has 0 radical (unpaired) electrons. The SMILES string of the molecule is COC(=O)[C@@H]1O[C@@H](O[C@H]2[C@H](O)[C@@H](N)[C@H](O)O[C@@H]2COS(=O)(=O)O)[C@H](OS(=O)(=O)O)[C@@H](O)[C@@H]1O[C@H]1O[C@H](COS(=O)(=O)O)[C@@H](O)[C@H](OS(=O)(=O)O)[C@H]1N. The molecule has 3 saturated heterocycles. The fourth-order valence-electron chi connectivity index (χ4n) is 4.97. The van der Waals surface area contributed by atoms with Crippen molar-refractivity contribution >= 4 is 47.6 Å². The Morgan fingerprint density at radius 2 is 1.10 bits per heavy atom. The summed E-state index contributed by atoms with van der Waals surface area (Å²) in [5, 5.41) is 42.5. The van der Waals surface area contributed by atoms with Crippen molar-refractivity contribution in [3.63, 3.8) is 0 Å². The molecular weight excluding hydrogens is 816 g/mol. The van der Waals surface area contributed by atoms with E-state index >= 15 is 0 Å². The summed E-state index contributed by atoms with van der Waals surface area (Å²) < 4.78 is 176. The minimum atomic E-state index is -5.67. The van der Waals surface area contributed by atoms with Crippen molar-refractivity contribution in [1.29, 1.82) is 0 Å². The molecule has 0 aliphatic carbocycles. The topological polar surface area (TPSA) is 460 Å². The van der Waals surface area contributed by atoms with Crippen molar-refractivity contribution in [3.8, 4) is 0 Å². The minimum Gasteiger partial charge on any atom is -0.467 e. The minimum absolute atomic E-state index is 0.742. The lowest BCUT2D eigenvalue weighted by Gasteiger charge is -2.48. The van der Waals surface area contributed by atoms with Gasteiger partial charge in [-0.15, -0.1) is 0 Å². The third kappa shape index (κ3) is 12.3. The molecule has 52 heavy (non-hydrogen) atoms. The second kappa shape index (κ2) is 17.1. The smallest absolute Gasteiger partial charge is 0.397 e. The van der Waals surface area contributed by atoms with E-state index < -0.39 is 153 Å². The Labute approximate surface area is 293 Å². The average Bonchev–Trinajstić information content (AvgIpc) is 2.99. The number of aliphatic hydroxyl groups excluding tert-OH is 4. The summed E-state index contributed by atoms with van der Waals surface area (Å²) in [7, 11) is -20.9. The van der Waals surface area contributed by atoms with Gasteiger partial charge in [-0.2, -0.15) is 33.7 Å². The molecule has 0 aromatic rings. The molecule has 306 valence electrons. The standard InChI is InChI=1S/C19H34N2O27S4/c1-39-17(26)15-13(45-18-7(21)12(47-51(33,34)35)8(22)4(43-18)2-40-49(27,28)29)10(24)14(48-52(36,37)38)19(46-15)44-11-5(3-41-50(30,31)32)42-16(25)6(20)9(11)23/h4-16,18-19,22-25H,2-3,20-21H2,1H3,(H,27,28,29)(H,30,31,32)(H,33,34,35)(H,36,37,38)/t4-,5-,6-,7-,8-,9-,10+,11-,12-,13+,14-,15-,16-,18-,19-/m1/s1. The van der Waals surface area contributed by atoms with E-state index in [2.05, 4.69) is 21.5 Å². The first-order chi connectivity index (χ1) is 23.6. The molecular formula is C19H34N2O27S4. The number of carbonyl (C=O) groups excluding carboxylic acids is 1. The van der Waals surface area contributed by atoms with Gasteiger partial charge in [0.2, 0.25) is 0 Å². The summed E-state index contributed by atoms with van der Waals surface area (Å²) in [6, 6.07) is -3.88. The summed E-state index contributed by atoms with van der Waals surface area (Å²) in [5.74, 6) is -1.51. The number of hydrogen-bond acceptors (Lipinski definition) is 25. The largest absolute Gasteiger partial charge is 0.467 e. The van der Waals surface area contributed by atoms with Crippen LogP contribution in [0.1, 0.15) is 0 Å². The van der Waals surface area contributed by atoms with Gasteiger partial charge in [-0.25, -0.2) is 21.5 Å². The highest BCUT2D eigenvalue weighted by atomic mass is 32.3. The molecule has 15 atom stereocenters. The van der Waals surface area contributed by atoms with E-state index in [0.29, 0.717) is 0 Å². The van der Waals surface area contributed by atoms with Gasteiger partial charge in [-0.05, 0) is 0 Å². The molecule has 3 aliphatic heterocycles. The van der Waals surface area contributed by atoms with E-state index in [1.54, 1.807) is 0 Å². The average molecular weight is 851 g/mol. The Morgan fingerprint density at radius 3 is 1.60 bits per heavy atom. The van der Waals surface area contributed by atoms with Crippen LogP contribution in [0.3, 0.4) is 0 Å². The molecule has 0 aromatic heterocycles. The lowest BCUT2D eigenvalue weighted by atomic mass is 9.95. The number of methoxy groups -OCH3 is 1. The van der Waals surface area contributed by atoms with Crippen LogP contribution in [-0.4, -0.2) is 191 Å². The number of esters is 1. The molecule has 3 aliphatic rings. The first kappa shape index (κ1) is 44.9. The summed E-state index contributed by atoms with van der Waals surface area (Å²) in [6.45, 7) is -2.58. The van der Waals surface area contributed by atoms with Crippen molar-refractivity contribution < 1.29 is 122 Å². The summed E-state index contributed by atoms with van der Waals surface area (Å²) in [4.78, 5) is 12.9. The summed E-state index contributed by atoms with van der Waals surface area (Å²) >= 11 is 0. The third-order valence-electron chi connectivity index (χ3n) is 7.23. The van der Waals surface area contributed by atoms with Gasteiger partial charge in [-0.3, -0.25) is 18.2 Å². The lowest BCUT2D eigenvalue weighted by Crippen LogP contribution is -2.69. The molecule has 0 saturated carbocycles. The molecule has 0 bridgehead atoms. The molecule has 3 rings (SSSR count). The Morgan fingerprint density at radius 1 is 0.596 bits per heavy atom. The van der Waals surface area contributed by atoms with Crippen molar-refractivity contribution in [2.45, 2.75) is 92.0 Å². The number of carbonyl (C=O) groups is 1. The Hall–Kier alpha value is -1.49. The van der Waals surface area contributed by atoms with Crippen LogP contribution in [0.15, 0.2) is 0 Å². The number of ether oxygens (including phenoxy) is 6. The van der Waals surface area contributed by atoms with Crippen LogP contribution in [0, 0.1) is 0 Å². The normalized spacial score (nSPS) is 39.6. The van der Waals surface area contributed by atoms with Crippen LogP contribution in [0.4, 0.5) is 0 Å². The van der Waals surface area contributed by atoms with Crippen molar-refractivity contribution in [1.82, 2.24) is 0 Å².